The van der Waals surface area contributed by atoms with Crippen LogP contribution < -0.4 is 5.32 Å². The quantitative estimate of drug-likeness (QED) is 0.656. The third kappa shape index (κ3) is 8.23. The lowest BCUT2D eigenvalue weighted by Gasteiger charge is -2.16. The highest BCUT2D eigenvalue weighted by Crippen LogP contribution is 2.12. The highest BCUT2D eigenvalue weighted by Gasteiger charge is 2.03. The number of benzene rings is 2. The molecule has 4 heteroatoms. The van der Waals surface area contributed by atoms with Gasteiger partial charge in [0.2, 0.25) is 5.91 Å². The van der Waals surface area contributed by atoms with E-state index < -0.39 is 0 Å². The van der Waals surface area contributed by atoms with Gasteiger partial charge in [0.15, 0.2) is 0 Å². The summed E-state index contributed by atoms with van der Waals surface area (Å²) >= 11 is 1.66. The summed E-state index contributed by atoms with van der Waals surface area (Å²) in [5.41, 5.74) is 3.86. The number of hydrogen-bond acceptors (Lipinski definition) is 3. The summed E-state index contributed by atoms with van der Waals surface area (Å²) in [5, 5.41) is 3.01. The van der Waals surface area contributed by atoms with Gasteiger partial charge in [0, 0.05) is 18.8 Å². The van der Waals surface area contributed by atoms with Gasteiger partial charge in [0.25, 0.3) is 0 Å². The van der Waals surface area contributed by atoms with Crippen molar-refractivity contribution in [2.24, 2.45) is 0 Å². The van der Waals surface area contributed by atoms with Crippen LogP contribution in [0, 0.1) is 6.92 Å². The first-order valence-corrected chi connectivity index (χ1v) is 9.91. The monoisotopic (exact) mass is 356 g/mol. The lowest BCUT2D eigenvalue weighted by Crippen LogP contribution is -2.29. The van der Waals surface area contributed by atoms with Crippen LogP contribution in [0.4, 0.5) is 0 Å². The van der Waals surface area contributed by atoms with Crippen LogP contribution in [0.25, 0.3) is 0 Å². The van der Waals surface area contributed by atoms with E-state index >= 15 is 0 Å². The molecule has 0 atom stereocenters. The van der Waals surface area contributed by atoms with Crippen molar-refractivity contribution >= 4 is 17.7 Å². The Morgan fingerprint density at radius 3 is 2.48 bits per heavy atom. The Bertz CT molecular complexity index is 628. The smallest absolute Gasteiger partial charge is 0.230 e. The van der Waals surface area contributed by atoms with E-state index in [1.807, 2.05) is 6.07 Å². The Balaban J connectivity index is 1.52. The maximum absolute atomic E-state index is 11.9. The molecule has 3 nitrogen and oxygen atoms in total. The number of nitrogens with zero attached hydrogens (tertiary/aromatic N) is 1. The van der Waals surface area contributed by atoms with Crippen LogP contribution in [-0.2, 0) is 17.1 Å². The van der Waals surface area contributed by atoms with E-state index in [1.165, 1.54) is 16.7 Å². The van der Waals surface area contributed by atoms with E-state index in [-0.39, 0.29) is 5.91 Å². The fraction of sp³-hybridized carbons (Fsp3) is 0.381. The molecule has 134 valence electrons. The van der Waals surface area contributed by atoms with Gasteiger partial charge in [-0.05, 0) is 38.1 Å². The summed E-state index contributed by atoms with van der Waals surface area (Å²) in [6, 6.07) is 18.9. The predicted molar refractivity (Wildman–Crippen MR) is 108 cm³/mol. The molecule has 1 amide bonds. The number of carbonyl (C=O) groups excluding carboxylic acids is 1. The van der Waals surface area contributed by atoms with Crippen LogP contribution in [0.3, 0.4) is 0 Å². The maximum Gasteiger partial charge on any atom is 0.230 e. The Hall–Kier alpha value is -1.78. The van der Waals surface area contributed by atoms with Crippen molar-refractivity contribution in [2.75, 3.05) is 25.9 Å². The van der Waals surface area contributed by atoms with Gasteiger partial charge in [0.1, 0.15) is 0 Å². The van der Waals surface area contributed by atoms with Gasteiger partial charge < -0.3 is 10.2 Å². The molecule has 0 saturated heterocycles. The molecule has 0 spiro atoms. The average Bonchev–Trinajstić information content (AvgIpc) is 2.61. The van der Waals surface area contributed by atoms with Crippen LogP contribution in [-0.4, -0.2) is 36.7 Å². The second kappa shape index (κ2) is 11.0. The SMILES string of the molecule is Cc1ccc(CSCC(=O)NCCCN(C)Cc2ccccc2)cc1. The second-order valence-corrected chi connectivity index (χ2v) is 7.39. The van der Waals surface area contributed by atoms with Gasteiger partial charge in [-0.25, -0.2) is 0 Å². The molecule has 0 unspecified atom stereocenters. The molecule has 0 saturated carbocycles. The molecule has 0 heterocycles. The van der Waals surface area contributed by atoms with Crippen molar-refractivity contribution in [1.82, 2.24) is 10.2 Å². The van der Waals surface area contributed by atoms with Crippen molar-refractivity contribution in [3.05, 3.63) is 71.3 Å². The molecule has 0 aliphatic carbocycles. The van der Waals surface area contributed by atoms with Crippen molar-refractivity contribution in [3.8, 4) is 0 Å². The molecular formula is C21H28N2OS. The van der Waals surface area contributed by atoms with Gasteiger partial charge in [-0.2, -0.15) is 0 Å². The number of thioether (sulfide) groups is 1. The van der Waals surface area contributed by atoms with Crippen molar-refractivity contribution in [2.45, 2.75) is 25.6 Å². The molecule has 0 radical (unpaired) electrons. The van der Waals surface area contributed by atoms with Crippen molar-refractivity contribution in [1.29, 1.82) is 0 Å². The van der Waals surface area contributed by atoms with Crippen LogP contribution >= 0.6 is 11.8 Å². The summed E-state index contributed by atoms with van der Waals surface area (Å²) in [5.74, 6) is 1.53. The Morgan fingerprint density at radius 1 is 1.04 bits per heavy atom. The zero-order valence-corrected chi connectivity index (χ0v) is 16.0. The fourth-order valence-corrected chi connectivity index (χ4v) is 3.37. The summed E-state index contributed by atoms with van der Waals surface area (Å²) in [6.45, 7) is 4.75. The van der Waals surface area contributed by atoms with Crippen LogP contribution in [0.5, 0.6) is 0 Å². The number of aryl methyl sites for hydroxylation is 1. The summed E-state index contributed by atoms with van der Waals surface area (Å²) in [7, 11) is 2.12. The van der Waals surface area contributed by atoms with Gasteiger partial charge >= 0.3 is 0 Å². The second-order valence-electron chi connectivity index (χ2n) is 6.41. The average molecular weight is 357 g/mol. The minimum atomic E-state index is 0.128. The molecule has 0 fully saturated rings. The third-order valence-corrected chi connectivity index (χ3v) is 4.96. The van der Waals surface area contributed by atoms with E-state index in [0.29, 0.717) is 5.75 Å². The van der Waals surface area contributed by atoms with E-state index in [1.54, 1.807) is 11.8 Å². The first-order chi connectivity index (χ1) is 12.1. The number of nitrogens with one attached hydrogen (secondary N) is 1. The fourth-order valence-electron chi connectivity index (χ4n) is 2.55. The van der Waals surface area contributed by atoms with Gasteiger partial charge in [-0.1, -0.05) is 60.2 Å². The largest absolute Gasteiger partial charge is 0.355 e. The molecule has 25 heavy (non-hydrogen) atoms. The number of carbonyl (C=O) groups is 1. The molecule has 0 bridgehead atoms. The lowest BCUT2D eigenvalue weighted by atomic mass is 10.2. The standard InChI is InChI=1S/C21H28N2OS/c1-18-9-11-20(12-10-18)16-25-17-21(24)22-13-6-14-23(2)15-19-7-4-3-5-8-19/h3-5,7-12H,6,13-17H2,1-2H3,(H,22,24). The molecule has 0 aliphatic heterocycles. The van der Waals surface area contributed by atoms with Crippen LogP contribution in [0.15, 0.2) is 54.6 Å². The van der Waals surface area contributed by atoms with Crippen LogP contribution in [0.1, 0.15) is 23.1 Å². The van der Waals surface area contributed by atoms with Gasteiger partial charge in [-0.15, -0.1) is 11.8 Å². The topological polar surface area (TPSA) is 32.3 Å². The van der Waals surface area contributed by atoms with E-state index in [0.717, 1.165) is 31.8 Å². The molecular weight excluding hydrogens is 328 g/mol. The van der Waals surface area contributed by atoms with E-state index in [4.69, 9.17) is 0 Å². The highest BCUT2D eigenvalue weighted by atomic mass is 32.2. The minimum absolute atomic E-state index is 0.128. The van der Waals surface area contributed by atoms with Crippen LogP contribution in [0.2, 0.25) is 0 Å². The van der Waals surface area contributed by atoms with Crippen molar-refractivity contribution in [3.63, 3.8) is 0 Å². The predicted octanol–water partition coefficient (Wildman–Crippen LogP) is 3.87. The lowest BCUT2D eigenvalue weighted by molar-refractivity contribution is -0.118. The Labute approximate surface area is 155 Å². The number of amides is 1. The molecule has 2 aromatic rings. The van der Waals surface area contributed by atoms with E-state index in [2.05, 4.69) is 72.7 Å². The number of hydrogen-bond donors (Lipinski definition) is 1. The zero-order valence-electron chi connectivity index (χ0n) is 15.2. The van der Waals surface area contributed by atoms with Crippen molar-refractivity contribution < 1.29 is 4.79 Å². The van der Waals surface area contributed by atoms with Gasteiger partial charge in [0.05, 0.1) is 5.75 Å². The van der Waals surface area contributed by atoms with E-state index in [9.17, 15) is 4.79 Å². The normalized spacial score (nSPS) is 10.8. The first-order valence-electron chi connectivity index (χ1n) is 8.76. The Kier molecular flexibility index (Phi) is 8.56. The molecule has 1 N–H and O–H groups in total. The van der Waals surface area contributed by atoms with Gasteiger partial charge in [-0.3, -0.25) is 4.79 Å². The number of rotatable bonds is 10. The summed E-state index contributed by atoms with van der Waals surface area (Å²) in [6.07, 6.45) is 0.970. The minimum Gasteiger partial charge on any atom is -0.355 e. The third-order valence-electron chi connectivity index (χ3n) is 3.96. The first kappa shape index (κ1) is 19.5. The highest BCUT2D eigenvalue weighted by molar-refractivity contribution is 7.99. The summed E-state index contributed by atoms with van der Waals surface area (Å²) < 4.78 is 0. The maximum atomic E-state index is 11.9. The molecule has 0 aliphatic rings. The summed E-state index contributed by atoms with van der Waals surface area (Å²) in [4.78, 5) is 14.2. The molecule has 2 rings (SSSR count). The molecule has 0 aromatic heterocycles. The zero-order chi connectivity index (χ0) is 17.9. The Morgan fingerprint density at radius 2 is 1.76 bits per heavy atom. The molecule has 2 aromatic carbocycles.